The summed E-state index contributed by atoms with van der Waals surface area (Å²) in [5.74, 6) is 0. The van der Waals surface area contributed by atoms with Crippen molar-refractivity contribution >= 4 is 24.8 Å². The van der Waals surface area contributed by atoms with E-state index in [2.05, 4.69) is 36.9 Å². The average molecular weight is 307 g/mol. The normalized spacial score (nSPS) is 22.8. The Hall–Kier alpha value is 0.423. The first-order valence-electron chi connectivity index (χ1n) is 4.23. The second-order valence-electron chi connectivity index (χ2n) is 3.33. The van der Waals surface area contributed by atoms with Crippen LogP contribution in [0.25, 0.3) is 0 Å². The van der Waals surface area contributed by atoms with Gasteiger partial charge in [-0.3, -0.25) is 0 Å². The first-order chi connectivity index (χ1) is 5.76. The maximum atomic E-state index is 3.94. The monoisotopic (exact) mass is 305 g/mol. The number of allylic oxidation sites excluding steroid dienone is 1. The fourth-order valence-electron chi connectivity index (χ4n) is 1.85. The molecule has 1 atom stereocenters. The van der Waals surface area contributed by atoms with Gasteiger partial charge in [0.25, 0.3) is 0 Å². The Morgan fingerprint density at radius 1 is 1.29 bits per heavy atom. The third kappa shape index (κ3) is 2.32. The molecule has 0 radical (unpaired) electrons. The van der Waals surface area contributed by atoms with Crippen molar-refractivity contribution in [1.82, 2.24) is 0 Å². The van der Waals surface area contributed by atoms with E-state index in [9.17, 15) is 0 Å². The van der Waals surface area contributed by atoms with Crippen molar-refractivity contribution in [3.8, 4) is 0 Å². The van der Waals surface area contributed by atoms with Crippen LogP contribution in [0.2, 0.25) is 0 Å². The SMILES string of the molecule is C=C[C]1([Zr])CCc2ccccc21.Cl.Cl. The number of rotatable bonds is 1. The zero-order chi connectivity index (χ0) is 8.60. The second-order valence-corrected chi connectivity index (χ2v) is 5.53. The number of halogens is 2. The molecule has 2 rings (SSSR count). The van der Waals surface area contributed by atoms with E-state index >= 15 is 0 Å². The molecule has 0 fully saturated rings. The quantitative estimate of drug-likeness (QED) is 0.698. The molecule has 1 unspecified atom stereocenters. The first kappa shape index (κ1) is 14.4. The molecule has 3 heteroatoms. The van der Waals surface area contributed by atoms with Crippen molar-refractivity contribution in [2.75, 3.05) is 0 Å². The van der Waals surface area contributed by atoms with Crippen LogP contribution in [0.1, 0.15) is 17.5 Å². The number of hydrogen-bond acceptors (Lipinski definition) is 0. The zero-order valence-electron chi connectivity index (χ0n) is 7.82. The molecule has 0 aliphatic heterocycles. The van der Waals surface area contributed by atoms with Gasteiger partial charge in [-0.2, -0.15) is 0 Å². The molecule has 0 bridgehead atoms. The van der Waals surface area contributed by atoms with E-state index < -0.39 is 0 Å². The van der Waals surface area contributed by atoms with Crippen LogP contribution < -0.4 is 0 Å². The molecule has 0 N–H and O–H groups in total. The van der Waals surface area contributed by atoms with Crippen LogP contribution >= 0.6 is 24.8 Å². The second kappa shape index (κ2) is 5.49. The molecule has 0 heterocycles. The van der Waals surface area contributed by atoms with E-state index in [1.54, 1.807) is 24.7 Å². The van der Waals surface area contributed by atoms with Gasteiger partial charge in [-0.15, -0.1) is 24.8 Å². The van der Waals surface area contributed by atoms with Crippen molar-refractivity contribution in [3.63, 3.8) is 0 Å². The van der Waals surface area contributed by atoms with Gasteiger partial charge in [0.05, 0.1) is 0 Å². The average Bonchev–Trinajstić information content (AvgIpc) is 2.46. The Bertz CT molecular complexity index is 325. The Morgan fingerprint density at radius 3 is 2.57 bits per heavy atom. The standard InChI is InChI=1S/C11H11.2ClH.Zr/c1-2-9-7-8-10-5-3-4-6-11(9)10;;;/h2-6H,1,7-8H2;2*1H;. The molecule has 0 nitrogen and oxygen atoms in total. The first-order valence-corrected chi connectivity index (χ1v) is 5.46. The summed E-state index contributed by atoms with van der Waals surface area (Å²) in [5, 5.41) is 0. The van der Waals surface area contributed by atoms with E-state index in [0.717, 1.165) is 0 Å². The third-order valence-corrected chi connectivity index (χ3v) is 4.41. The Labute approximate surface area is 113 Å². The van der Waals surface area contributed by atoms with Crippen LogP contribution in [0.4, 0.5) is 0 Å². The number of aryl methyl sites for hydroxylation is 1. The summed E-state index contributed by atoms with van der Waals surface area (Å²) in [5.41, 5.74) is 3.03. The van der Waals surface area contributed by atoms with Gasteiger partial charge in [0, 0.05) is 0 Å². The van der Waals surface area contributed by atoms with Gasteiger partial charge in [-0.05, 0) is 0 Å². The van der Waals surface area contributed by atoms with Crippen LogP contribution in [-0.4, -0.2) is 0 Å². The summed E-state index contributed by atoms with van der Waals surface area (Å²) in [7, 11) is 0. The molecule has 1 aliphatic carbocycles. The molecule has 14 heavy (non-hydrogen) atoms. The molecule has 0 saturated carbocycles. The largest absolute Gasteiger partial charge is 0.147 e. The van der Waals surface area contributed by atoms with Gasteiger partial charge in [-0.1, -0.05) is 0 Å². The molecule has 0 aromatic heterocycles. The van der Waals surface area contributed by atoms with Gasteiger partial charge < -0.3 is 0 Å². The van der Waals surface area contributed by atoms with Gasteiger partial charge in [-0.25, -0.2) is 0 Å². The molecule has 75 valence electrons. The molecule has 0 spiro atoms. The molecule has 0 amide bonds. The van der Waals surface area contributed by atoms with Crippen LogP contribution in [0.15, 0.2) is 36.9 Å². The molecule has 1 aromatic carbocycles. The number of hydrogen-bond donors (Lipinski definition) is 0. The molecule has 1 aromatic rings. The maximum Gasteiger partial charge on any atom is -0.147 e. The Kier molecular flexibility index (Phi) is 5.66. The van der Waals surface area contributed by atoms with Gasteiger partial charge in [0.2, 0.25) is 0 Å². The molecular weight excluding hydrogens is 294 g/mol. The van der Waals surface area contributed by atoms with Gasteiger partial charge >= 0.3 is 88.7 Å². The van der Waals surface area contributed by atoms with Crippen molar-refractivity contribution in [2.24, 2.45) is 0 Å². The third-order valence-electron chi connectivity index (χ3n) is 2.64. The van der Waals surface area contributed by atoms with Crippen molar-refractivity contribution in [3.05, 3.63) is 48.0 Å². The van der Waals surface area contributed by atoms with Crippen LogP contribution in [0, 0.1) is 0 Å². The topological polar surface area (TPSA) is 0 Å². The zero-order valence-corrected chi connectivity index (χ0v) is 11.9. The number of benzene rings is 1. The Balaban J connectivity index is 0.000000845. The molecular formula is C11H13Cl2Zr. The summed E-state index contributed by atoms with van der Waals surface area (Å²) in [6, 6.07) is 8.75. The smallest absolute Gasteiger partial charge is 0.147 e. The predicted molar refractivity (Wildman–Crippen MR) is 61.1 cm³/mol. The summed E-state index contributed by atoms with van der Waals surface area (Å²) in [4.78, 5) is 0. The van der Waals surface area contributed by atoms with E-state index in [-0.39, 0.29) is 24.8 Å². The summed E-state index contributed by atoms with van der Waals surface area (Å²) < 4.78 is 0.323. The van der Waals surface area contributed by atoms with Crippen LogP contribution in [0.3, 0.4) is 0 Å². The van der Waals surface area contributed by atoms with Crippen LogP contribution in [-0.2, 0) is 34.3 Å². The van der Waals surface area contributed by atoms with Gasteiger partial charge in [0.1, 0.15) is 0 Å². The molecule has 1 aliphatic rings. The van der Waals surface area contributed by atoms with Gasteiger partial charge in [0.15, 0.2) is 0 Å². The van der Waals surface area contributed by atoms with Crippen molar-refractivity contribution in [1.29, 1.82) is 0 Å². The number of fused-ring (bicyclic) bond motifs is 1. The summed E-state index contributed by atoms with van der Waals surface area (Å²) in [6.45, 7) is 3.94. The minimum Gasteiger partial charge on any atom is -0.147 e. The van der Waals surface area contributed by atoms with Crippen molar-refractivity contribution in [2.45, 2.75) is 16.0 Å². The van der Waals surface area contributed by atoms with Crippen LogP contribution in [0.5, 0.6) is 0 Å². The van der Waals surface area contributed by atoms with Crippen molar-refractivity contribution < 1.29 is 24.7 Å². The summed E-state index contributed by atoms with van der Waals surface area (Å²) in [6.07, 6.45) is 4.61. The maximum absolute atomic E-state index is 3.94. The van der Waals surface area contributed by atoms with E-state index in [4.69, 9.17) is 0 Å². The van der Waals surface area contributed by atoms with E-state index in [0.29, 0.717) is 3.12 Å². The molecule has 0 saturated heterocycles. The van der Waals surface area contributed by atoms with E-state index in [1.165, 1.54) is 24.0 Å². The fraction of sp³-hybridized carbons (Fsp3) is 0.273. The predicted octanol–water partition coefficient (Wildman–Crippen LogP) is 3.40. The Morgan fingerprint density at radius 2 is 1.93 bits per heavy atom. The minimum atomic E-state index is 0. The van der Waals surface area contributed by atoms with E-state index in [1.807, 2.05) is 0 Å². The fourth-order valence-corrected chi connectivity index (χ4v) is 2.76. The summed E-state index contributed by atoms with van der Waals surface area (Å²) >= 11 is 1.57. The minimum absolute atomic E-state index is 0.